The van der Waals surface area contributed by atoms with E-state index < -0.39 is 9.84 Å². The molecule has 210 valence electrons. The zero-order valence-electron chi connectivity index (χ0n) is 22.9. The monoisotopic (exact) mass is 559 g/mol. The standard InChI is InChI=1S/C32H37N3O4S/c36-32-28(27-20-24(13-14-30(27)34-32)40(37,38)22-23-8-3-1-4-9-23)21-31-26(11-7-15-35-16-18-39-19-17-35)25-10-5-2-6-12-29(25)33-31/h1,3-4,8-9,13-14,20-21,33H,2,5-7,10-12,15-19,22H2,(H,34,36)/b28-21-. The number of nitrogens with zero attached hydrogens (tertiary/aromatic N) is 1. The minimum atomic E-state index is -3.57. The van der Waals surface area contributed by atoms with Gasteiger partial charge in [-0.1, -0.05) is 36.8 Å². The van der Waals surface area contributed by atoms with E-state index in [0.717, 1.165) is 69.8 Å². The molecule has 0 saturated carbocycles. The molecule has 0 bridgehead atoms. The van der Waals surface area contributed by atoms with Gasteiger partial charge in [-0.2, -0.15) is 0 Å². The van der Waals surface area contributed by atoms with Crippen molar-refractivity contribution in [3.8, 4) is 0 Å². The summed E-state index contributed by atoms with van der Waals surface area (Å²) in [6, 6.07) is 14.1. The number of hydrogen-bond acceptors (Lipinski definition) is 5. The van der Waals surface area contributed by atoms with Crippen molar-refractivity contribution in [2.45, 2.75) is 55.6 Å². The van der Waals surface area contributed by atoms with Gasteiger partial charge in [0.25, 0.3) is 5.91 Å². The molecule has 8 heteroatoms. The normalized spacial score (nSPS) is 18.8. The van der Waals surface area contributed by atoms with Gasteiger partial charge in [-0.15, -0.1) is 0 Å². The van der Waals surface area contributed by atoms with Gasteiger partial charge >= 0.3 is 0 Å². The lowest BCUT2D eigenvalue weighted by molar-refractivity contribution is -0.110. The fourth-order valence-electron chi connectivity index (χ4n) is 6.19. The van der Waals surface area contributed by atoms with Crippen LogP contribution in [0.4, 0.5) is 5.69 Å². The molecule has 0 spiro atoms. The molecule has 1 saturated heterocycles. The van der Waals surface area contributed by atoms with Crippen LogP contribution in [0.25, 0.3) is 11.6 Å². The van der Waals surface area contributed by atoms with Gasteiger partial charge in [0.05, 0.1) is 29.4 Å². The van der Waals surface area contributed by atoms with Crippen LogP contribution in [0, 0.1) is 0 Å². The number of morpholine rings is 1. The zero-order chi connectivity index (χ0) is 27.5. The summed E-state index contributed by atoms with van der Waals surface area (Å²) in [4.78, 5) is 19.5. The van der Waals surface area contributed by atoms with Crippen LogP contribution < -0.4 is 5.32 Å². The number of carbonyl (C=O) groups is 1. The summed E-state index contributed by atoms with van der Waals surface area (Å²) in [5.74, 6) is -0.277. The van der Waals surface area contributed by atoms with E-state index in [4.69, 9.17) is 4.74 Å². The minimum absolute atomic E-state index is 0.0797. The SMILES string of the molecule is O=C1Nc2ccc(S(=O)(=O)Cc3ccccc3)cc2/C1=C/c1[nH]c2c(c1CCCN1CCOCC1)CCCCC2. The number of aromatic nitrogens is 1. The van der Waals surface area contributed by atoms with Crippen LogP contribution in [0.5, 0.6) is 0 Å². The Labute approximate surface area is 236 Å². The van der Waals surface area contributed by atoms with Crippen LogP contribution in [0.2, 0.25) is 0 Å². The highest BCUT2D eigenvalue weighted by molar-refractivity contribution is 7.90. The van der Waals surface area contributed by atoms with Crippen molar-refractivity contribution in [3.05, 3.63) is 82.2 Å². The summed E-state index contributed by atoms with van der Waals surface area (Å²) in [7, 11) is -3.57. The highest BCUT2D eigenvalue weighted by atomic mass is 32.2. The van der Waals surface area contributed by atoms with E-state index >= 15 is 0 Å². The highest BCUT2D eigenvalue weighted by Crippen LogP contribution is 2.37. The Hall–Kier alpha value is -3.20. The molecule has 0 unspecified atom stereocenters. The Morgan fingerprint density at radius 3 is 2.60 bits per heavy atom. The second-order valence-corrected chi connectivity index (χ2v) is 13.0. The number of carbonyl (C=O) groups excluding carboxylic acids is 1. The molecular weight excluding hydrogens is 522 g/mol. The first-order chi connectivity index (χ1) is 19.5. The number of benzene rings is 2. The first-order valence-corrected chi connectivity index (χ1v) is 16.1. The molecule has 1 aromatic heterocycles. The van der Waals surface area contributed by atoms with Crippen molar-refractivity contribution in [1.82, 2.24) is 9.88 Å². The lowest BCUT2D eigenvalue weighted by Crippen LogP contribution is -2.37. The number of aromatic amines is 1. The van der Waals surface area contributed by atoms with Crippen LogP contribution in [-0.2, 0) is 44.4 Å². The first kappa shape index (κ1) is 27.0. The molecule has 2 aromatic carbocycles. The number of aryl methyl sites for hydroxylation is 1. The van der Waals surface area contributed by atoms with Crippen molar-refractivity contribution in [2.75, 3.05) is 38.2 Å². The Balaban J connectivity index is 1.31. The van der Waals surface area contributed by atoms with Gasteiger partial charge in [-0.3, -0.25) is 9.69 Å². The minimum Gasteiger partial charge on any atom is -0.379 e. The number of ether oxygens (including phenoxy) is 1. The van der Waals surface area contributed by atoms with Crippen LogP contribution >= 0.6 is 0 Å². The molecule has 1 aliphatic carbocycles. The zero-order valence-corrected chi connectivity index (χ0v) is 23.7. The molecule has 7 nitrogen and oxygen atoms in total. The average Bonchev–Trinajstić information content (AvgIpc) is 3.33. The molecule has 3 aliphatic rings. The van der Waals surface area contributed by atoms with Crippen molar-refractivity contribution < 1.29 is 17.9 Å². The van der Waals surface area contributed by atoms with Gasteiger partial charge < -0.3 is 15.0 Å². The topological polar surface area (TPSA) is 91.5 Å². The van der Waals surface area contributed by atoms with Gasteiger partial charge in [0.2, 0.25) is 0 Å². The lowest BCUT2D eigenvalue weighted by atomic mass is 9.98. The van der Waals surface area contributed by atoms with Crippen LogP contribution in [0.1, 0.15) is 59.3 Å². The molecule has 2 N–H and O–H groups in total. The van der Waals surface area contributed by atoms with Crippen LogP contribution in [0.15, 0.2) is 53.4 Å². The third-order valence-electron chi connectivity index (χ3n) is 8.32. The first-order valence-electron chi connectivity index (χ1n) is 14.4. The third-order valence-corrected chi connectivity index (χ3v) is 10.0. The van der Waals surface area contributed by atoms with Gasteiger partial charge in [-0.25, -0.2) is 8.42 Å². The molecule has 1 fully saturated rings. The molecule has 3 heterocycles. The van der Waals surface area contributed by atoms with E-state index in [1.54, 1.807) is 18.2 Å². The summed E-state index contributed by atoms with van der Waals surface area (Å²) in [6.45, 7) is 4.59. The van der Waals surface area contributed by atoms with Crippen LogP contribution in [0.3, 0.4) is 0 Å². The van der Waals surface area contributed by atoms with E-state index in [2.05, 4.69) is 15.2 Å². The summed E-state index contributed by atoms with van der Waals surface area (Å²) < 4.78 is 32.0. The predicted molar refractivity (Wildman–Crippen MR) is 158 cm³/mol. The summed E-state index contributed by atoms with van der Waals surface area (Å²) in [5.41, 5.74) is 7.56. The molecule has 0 atom stereocenters. The maximum atomic E-state index is 13.3. The second kappa shape index (κ2) is 11.7. The van der Waals surface area contributed by atoms with E-state index in [1.165, 1.54) is 36.1 Å². The second-order valence-electron chi connectivity index (χ2n) is 11.1. The van der Waals surface area contributed by atoms with Crippen molar-refractivity contribution in [3.63, 3.8) is 0 Å². The maximum absolute atomic E-state index is 13.3. The Kier molecular flexibility index (Phi) is 7.91. The fourth-order valence-corrected chi connectivity index (χ4v) is 7.56. The Bertz CT molecular complexity index is 1520. The molecule has 3 aromatic rings. The number of hydrogen-bond donors (Lipinski definition) is 2. The summed E-state index contributed by atoms with van der Waals surface area (Å²) in [6.07, 6.45) is 9.63. The number of rotatable bonds is 8. The largest absolute Gasteiger partial charge is 0.379 e. The van der Waals surface area contributed by atoms with E-state index in [9.17, 15) is 13.2 Å². The van der Waals surface area contributed by atoms with Crippen molar-refractivity contribution >= 4 is 33.1 Å². The average molecular weight is 560 g/mol. The third kappa shape index (κ3) is 5.80. The Morgan fingerprint density at radius 1 is 0.975 bits per heavy atom. The molecule has 0 radical (unpaired) electrons. The Morgan fingerprint density at radius 2 is 1.77 bits per heavy atom. The molecule has 2 aliphatic heterocycles. The van der Waals surface area contributed by atoms with E-state index in [0.29, 0.717) is 16.8 Å². The smallest absolute Gasteiger partial charge is 0.256 e. The van der Waals surface area contributed by atoms with Gasteiger partial charge in [0, 0.05) is 35.7 Å². The highest BCUT2D eigenvalue weighted by Gasteiger charge is 2.28. The van der Waals surface area contributed by atoms with Crippen molar-refractivity contribution in [1.29, 1.82) is 0 Å². The predicted octanol–water partition coefficient (Wildman–Crippen LogP) is 5.02. The van der Waals surface area contributed by atoms with E-state index in [1.807, 2.05) is 36.4 Å². The van der Waals surface area contributed by atoms with Gasteiger partial charge in [0.15, 0.2) is 9.84 Å². The number of sulfone groups is 1. The summed E-state index contributed by atoms with van der Waals surface area (Å²) >= 11 is 0. The molecular formula is C32H37N3O4S. The van der Waals surface area contributed by atoms with Gasteiger partial charge in [0.1, 0.15) is 0 Å². The molecule has 6 rings (SSSR count). The van der Waals surface area contributed by atoms with Crippen molar-refractivity contribution in [2.24, 2.45) is 0 Å². The number of amides is 1. The van der Waals surface area contributed by atoms with E-state index in [-0.39, 0.29) is 16.6 Å². The van der Waals surface area contributed by atoms with Crippen LogP contribution in [-0.4, -0.2) is 57.1 Å². The number of nitrogens with one attached hydrogen (secondary N) is 2. The number of fused-ring (bicyclic) bond motifs is 2. The number of anilines is 1. The quantitative estimate of drug-likeness (QED) is 0.299. The molecule has 1 amide bonds. The number of H-pyrrole nitrogens is 1. The fraction of sp³-hybridized carbons (Fsp3) is 0.406. The summed E-state index contributed by atoms with van der Waals surface area (Å²) in [5, 5.41) is 2.94. The maximum Gasteiger partial charge on any atom is 0.256 e. The molecule has 40 heavy (non-hydrogen) atoms. The lowest BCUT2D eigenvalue weighted by Gasteiger charge is -2.26. The van der Waals surface area contributed by atoms with Gasteiger partial charge in [-0.05, 0) is 86.0 Å².